The van der Waals surface area contributed by atoms with Crippen molar-refractivity contribution in [2.75, 3.05) is 13.1 Å². The van der Waals surface area contributed by atoms with E-state index in [2.05, 4.69) is 28.9 Å². The molecule has 2 N–H and O–H groups in total. The predicted molar refractivity (Wildman–Crippen MR) is 61.4 cm³/mol. The Balaban J connectivity index is 1.99. The van der Waals surface area contributed by atoms with E-state index in [0.717, 1.165) is 31.6 Å². The molecule has 1 aromatic heterocycles. The van der Waals surface area contributed by atoms with Crippen molar-refractivity contribution >= 4 is 0 Å². The summed E-state index contributed by atoms with van der Waals surface area (Å²) in [6.07, 6.45) is 4.08. The van der Waals surface area contributed by atoms with Crippen LogP contribution in [0, 0.1) is 0 Å². The van der Waals surface area contributed by atoms with Gasteiger partial charge in [-0.3, -0.25) is 9.88 Å². The van der Waals surface area contributed by atoms with Crippen LogP contribution in [-0.4, -0.2) is 29.0 Å². The molecule has 0 aliphatic carbocycles. The molecule has 1 aliphatic rings. The standard InChI is InChI=1S/C12H19N3/c1-10(12-4-2-3-7-14-12)15-8-5-11(13)6-9-15/h2-4,7,10-11H,5-6,8-9,13H2,1H3/t10-/m1/s1. The fourth-order valence-electron chi connectivity index (χ4n) is 2.12. The Hall–Kier alpha value is -0.930. The molecule has 1 aliphatic heterocycles. The molecule has 0 radical (unpaired) electrons. The van der Waals surface area contributed by atoms with Crippen LogP contribution in [-0.2, 0) is 0 Å². The summed E-state index contributed by atoms with van der Waals surface area (Å²) in [5.41, 5.74) is 7.05. The SMILES string of the molecule is C[C@H](c1ccccn1)N1CCC(N)CC1. The minimum absolute atomic E-state index is 0.400. The van der Waals surface area contributed by atoms with Gasteiger partial charge in [0.25, 0.3) is 0 Å². The minimum Gasteiger partial charge on any atom is -0.328 e. The Morgan fingerprint density at radius 2 is 2.13 bits per heavy atom. The first-order chi connectivity index (χ1) is 7.27. The zero-order valence-corrected chi connectivity index (χ0v) is 9.26. The lowest BCUT2D eigenvalue weighted by Gasteiger charge is -2.34. The van der Waals surface area contributed by atoms with Crippen LogP contribution in [0.15, 0.2) is 24.4 Å². The van der Waals surface area contributed by atoms with Crippen molar-refractivity contribution in [1.29, 1.82) is 0 Å². The zero-order valence-electron chi connectivity index (χ0n) is 9.26. The van der Waals surface area contributed by atoms with E-state index in [-0.39, 0.29) is 0 Å². The number of hydrogen-bond donors (Lipinski definition) is 1. The van der Waals surface area contributed by atoms with Crippen molar-refractivity contribution in [2.45, 2.75) is 31.8 Å². The summed E-state index contributed by atoms with van der Waals surface area (Å²) in [7, 11) is 0. The third kappa shape index (κ3) is 2.55. The van der Waals surface area contributed by atoms with Crippen LogP contribution < -0.4 is 5.73 Å². The molecule has 0 saturated carbocycles. The van der Waals surface area contributed by atoms with Gasteiger partial charge in [0.05, 0.1) is 5.69 Å². The summed E-state index contributed by atoms with van der Waals surface area (Å²) in [6.45, 7) is 4.41. The summed E-state index contributed by atoms with van der Waals surface area (Å²) in [5.74, 6) is 0. The van der Waals surface area contributed by atoms with Gasteiger partial charge in [-0.1, -0.05) is 6.07 Å². The monoisotopic (exact) mass is 205 g/mol. The first-order valence-corrected chi connectivity index (χ1v) is 5.68. The third-order valence-electron chi connectivity index (χ3n) is 3.24. The molecular weight excluding hydrogens is 186 g/mol. The molecule has 0 bridgehead atoms. The van der Waals surface area contributed by atoms with Crippen LogP contribution in [0.5, 0.6) is 0 Å². The molecule has 3 heteroatoms. The molecule has 2 rings (SSSR count). The lowest BCUT2D eigenvalue weighted by atomic mass is 10.0. The average molecular weight is 205 g/mol. The fraction of sp³-hybridized carbons (Fsp3) is 0.583. The van der Waals surface area contributed by atoms with Crippen molar-refractivity contribution in [3.8, 4) is 0 Å². The second-order valence-electron chi connectivity index (χ2n) is 4.30. The predicted octanol–water partition coefficient (Wildman–Crippen LogP) is 1.57. The van der Waals surface area contributed by atoms with Crippen molar-refractivity contribution in [1.82, 2.24) is 9.88 Å². The Kier molecular flexibility index (Phi) is 3.34. The number of likely N-dealkylation sites (tertiary alicyclic amines) is 1. The lowest BCUT2D eigenvalue weighted by molar-refractivity contribution is 0.161. The largest absolute Gasteiger partial charge is 0.328 e. The van der Waals surface area contributed by atoms with Gasteiger partial charge < -0.3 is 5.73 Å². The van der Waals surface area contributed by atoms with Crippen molar-refractivity contribution in [3.05, 3.63) is 30.1 Å². The second-order valence-corrected chi connectivity index (χ2v) is 4.30. The Labute approximate surface area is 91.3 Å². The molecule has 1 saturated heterocycles. The van der Waals surface area contributed by atoms with Gasteiger partial charge in [0.15, 0.2) is 0 Å². The molecule has 0 amide bonds. The molecule has 0 spiro atoms. The maximum Gasteiger partial charge on any atom is 0.0572 e. The van der Waals surface area contributed by atoms with Crippen molar-refractivity contribution < 1.29 is 0 Å². The van der Waals surface area contributed by atoms with Crippen LogP contribution >= 0.6 is 0 Å². The van der Waals surface area contributed by atoms with Gasteiger partial charge in [-0.2, -0.15) is 0 Å². The van der Waals surface area contributed by atoms with Crippen LogP contribution in [0.25, 0.3) is 0 Å². The van der Waals surface area contributed by atoms with Gasteiger partial charge in [-0.15, -0.1) is 0 Å². The van der Waals surface area contributed by atoms with E-state index in [1.54, 1.807) is 0 Å². The van der Waals surface area contributed by atoms with Crippen LogP contribution in [0.2, 0.25) is 0 Å². The first kappa shape index (κ1) is 10.6. The topological polar surface area (TPSA) is 42.2 Å². The van der Waals surface area contributed by atoms with E-state index < -0.39 is 0 Å². The molecule has 15 heavy (non-hydrogen) atoms. The number of rotatable bonds is 2. The van der Waals surface area contributed by atoms with Crippen LogP contribution in [0.3, 0.4) is 0 Å². The van der Waals surface area contributed by atoms with Gasteiger partial charge in [0.1, 0.15) is 0 Å². The third-order valence-corrected chi connectivity index (χ3v) is 3.24. The highest BCUT2D eigenvalue weighted by molar-refractivity contribution is 5.08. The van der Waals surface area contributed by atoms with Crippen molar-refractivity contribution in [2.24, 2.45) is 5.73 Å². The summed E-state index contributed by atoms with van der Waals surface area (Å²) in [4.78, 5) is 6.86. The highest BCUT2D eigenvalue weighted by atomic mass is 15.2. The van der Waals surface area contributed by atoms with Crippen molar-refractivity contribution in [3.63, 3.8) is 0 Å². The molecule has 1 fully saturated rings. The van der Waals surface area contributed by atoms with E-state index in [9.17, 15) is 0 Å². The maximum atomic E-state index is 5.89. The molecule has 82 valence electrons. The summed E-state index contributed by atoms with van der Waals surface area (Å²) in [6, 6.07) is 6.92. The average Bonchev–Trinajstić information content (AvgIpc) is 2.30. The van der Waals surface area contributed by atoms with E-state index in [1.165, 1.54) is 0 Å². The van der Waals surface area contributed by atoms with Gasteiger partial charge in [-0.25, -0.2) is 0 Å². The van der Waals surface area contributed by atoms with Crippen LogP contribution in [0.4, 0.5) is 0 Å². The number of pyridine rings is 1. The maximum absolute atomic E-state index is 5.89. The van der Waals surface area contributed by atoms with Crippen LogP contribution in [0.1, 0.15) is 31.5 Å². The number of nitrogens with two attached hydrogens (primary N) is 1. The highest BCUT2D eigenvalue weighted by Crippen LogP contribution is 2.21. The Morgan fingerprint density at radius 1 is 1.40 bits per heavy atom. The molecule has 3 nitrogen and oxygen atoms in total. The van der Waals surface area contributed by atoms with Gasteiger partial charge >= 0.3 is 0 Å². The summed E-state index contributed by atoms with van der Waals surface area (Å²) in [5, 5.41) is 0. The first-order valence-electron chi connectivity index (χ1n) is 5.68. The zero-order chi connectivity index (χ0) is 10.7. The highest BCUT2D eigenvalue weighted by Gasteiger charge is 2.21. The van der Waals surface area contributed by atoms with Gasteiger partial charge in [-0.05, 0) is 31.9 Å². The van der Waals surface area contributed by atoms with E-state index >= 15 is 0 Å². The smallest absolute Gasteiger partial charge is 0.0572 e. The molecule has 0 aromatic carbocycles. The van der Waals surface area contributed by atoms with E-state index in [4.69, 9.17) is 5.73 Å². The summed E-state index contributed by atoms with van der Waals surface area (Å²) < 4.78 is 0. The molecular formula is C12H19N3. The van der Waals surface area contributed by atoms with Gasteiger partial charge in [0.2, 0.25) is 0 Å². The normalized spacial score (nSPS) is 21.5. The van der Waals surface area contributed by atoms with Gasteiger partial charge in [0, 0.05) is 31.4 Å². The Morgan fingerprint density at radius 3 is 2.73 bits per heavy atom. The lowest BCUT2D eigenvalue weighted by Crippen LogP contribution is -2.40. The van der Waals surface area contributed by atoms with E-state index in [0.29, 0.717) is 12.1 Å². The minimum atomic E-state index is 0.400. The number of hydrogen-bond acceptors (Lipinski definition) is 3. The number of aromatic nitrogens is 1. The molecule has 1 aromatic rings. The second kappa shape index (κ2) is 4.73. The quantitative estimate of drug-likeness (QED) is 0.797. The molecule has 1 atom stereocenters. The molecule has 2 heterocycles. The van der Waals surface area contributed by atoms with E-state index in [1.807, 2.05) is 12.3 Å². The molecule has 0 unspecified atom stereocenters. The number of nitrogens with zero attached hydrogens (tertiary/aromatic N) is 2. The summed E-state index contributed by atoms with van der Waals surface area (Å²) >= 11 is 0. The Bertz CT molecular complexity index is 291. The fourth-order valence-corrected chi connectivity index (χ4v) is 2.12. The number of piperidine rings is 1.